The molecule has 0 spiro atoms. The van der Waals surface area contributed by atoms with Gasteiger partial charge in [0.05, 0.1) is 20.1 Å². The Hall–Kier alpha value is -3.42. The molecule has 2 fully saturated rings. The molecule has 3 unspecified atom stereocenters. The lowest BCUT2D eigenvalue weighted by molar-refractivity contribution is -0.156. The van der Waals surface area contributed by atoms with Gasteiger partial charge in [0.1, 0.15) is 0 Å². The van der Waals surface area contributed by atoms with Crippen LogP contribution < -0.4 is 14.9 Å². The molecule has 3 aliphatic rings. The molecule has 0 aromatic heterocycles. The lowest BCUT2D eigenvalue weighted by atomic mass is 9.80. The Bertz CT molecular complexity index is 1020. The lowest BCUT2D eigenvalue weighted by Gasteiger charge is -2.50. The SMILES string of the molecule is COc1cc(C2=NNC3N(Cc4ccccc4)C(=O)C4CCCCC4N23)cc(OC)c1O. The van der Waals surface area contributed by atoms with Gasteiger partial charge in [0.2, 0.25) is 11.7 Å². The first-order chi connectivity index (χ1) is 15.6. The van der Waals surface area contributed by atoms with Crippen LogP contribution in [-0.4, -0.2) is 53.2 Å². The van der Waals surface area contributed by atoms with E-state index in [2.05, 4.69) is 15.4 Å². The van der Waals surface area contributed by atoms with Crippen molar-refractivity contribution in [1.29, 1.82) is 0 Å². The van der Waals surface area contributed by atoms with Crippen molar-refractivity contribution in [2.45, 2.75) is 44.6 Å². The van der Waals surface area contributed by atoms with E-state index < -0.39 is 0 Å². The Morgan fingerprint density at radius 1 is 1.09 bits per heavy atom. The van der Waals surface area contributed by atoms with Gasteiger partial charge in [-0.25, -0.2) is 0 Å². The number of carbonyl (C=O) groups excluding carboxylic acids is 1. The maximum Gasteiger partial charge on any atom is 0.231 e. The molecule has 1 amide bonds. The molecular weight excluding hydrogens is 408 g/mol. The van der Waals surface area contributed by atoms with E-state index in [0.717, 1.165) is 42.6 Å². The Kier molecular flexibility index (Phi) is 5.28. The third kappa shape index (κ3) is 3.30. The molecular formula is C24H28N4O4. The quantitative estimate of drug-likeness (QED) is 0.750. The first-order valence-electron chi connectivity index (χ1n) is 11.0. The number of aromatic hydroxyl groups is 1. The van der Waals surface area contributed by atoms with Gasteiger partial charge in [0.25, 0.3) is 0 Å². The molecule has 1 aliphatic carbocycles. The van der Waals surface area contributed by atoms with E-state index in [-0.39, 0.29) is 29.9 Å². The number of phenolic OH excluding ortho intramolecular Hbond substituents is 1. The van der Waals surface area contributed by atoms with Gasteiger partial charge in [-0.15, -0.1) is 0 Å². The minimum Gasteiger partial charge on any atom is -0.502 e. The predicted molar refractivity (Wildman–Crippen MR) is 119 cm³/mol. The fourth-order valence-corrected chi connectivity index (χ4v) is 5.16. The zero-order valence-electron chi connectivity index (χ0n) is 18.3. The predicted octanol–water partition coefficient (Wildman–Crippen LogP) is 2.86. The highest BCUT2D eigenvalue weighted by atomic mass is 16.5. The average molecular weight is 437 g/mol. The molecule has 0 radical (unpaired) electrons. The summed E-state index contributed by atoms with van der Waals surface area (Å²) in [6.07, 6.45) is 3.62. The number of amides is 1. The van der Waals surface area contributed by atoms with Crippen LogP contribution in [0, 0.1) is 5.92 Å². The number of nitrogens with zero attached hydrogens (tertiary/aromatic N) is 3. The van der Waals surface area contributed by atoms with Crippen LogP contribution in [0.25, 0.3) is 0 Å². The summed E-state index contributed by atoms with van der Waals surface area (Å²) in [5.41, 5.74) is 5.06. The summed E-state index contributed by atoms with van der Waals surface area (Å²) in [4.78, 5) is 17.7. The standard InChI is InChI=1S/C24H28N4O4/c1-31-19-12-16(13-20(32-2)21(19)29)22-25-26-24-27(14-15-8-4-3-5-9-15)23(30)17-10-6-7-11-18(17)28(22)24/h3-5,8-9,12-13,17-18,24,26,29H,6-7,10-11,14H2,1-2H3. The van der Waals surface area contributed by atoms with Crippen LogP contribution in [0.15, 0.2) is 47.6 Å². The van der Waals surface area contributed by atoms with Crippen LogP contribution in [-0.2, 0) is 11.3 Å². The smallest absolute Gasteiger partial charge is 0.231 e. The third-order valence-corrected chi connectivity index (χ3v) is 6.71. The van der Waals surface area contributed by atoms with Gasteiger partial charge in [-0.1, -0.05) is 43.2 Å². The molecule has 1 saturated carbocycles. The molecule has 1 saturated heterocycles. The van der Waals surface area contributed by atoms with Gasteiger partial charge >= 0.3 is 0 Å². The van der Waals surface area contributed by atoms with Crippen LogP contribution in [0.5, 0.6) is 17.2 Å². The molecule has 8 heteroatoms. The van der Waals surface area contributed by atoms with E-state index in [0.29, 0.717) is 18.0 Å². The molecule has 2 aromatic carbocycles. The van der Waals surface area contributed by atoms with E-state index in [4.69, 9.17) is 9.47 Å². The second-order valence-electron chi connectivity index (χ2n) is 8.48. The van der Waals surface area contributed by atoms with Crippen LogP contribution in [0.4, 0.5) is 0 Å². The molecule has 2 aromatic rings. The van der Waals surface area contributed by atoms with Crippen molar-refractivity contribution in [3.8, 4) is 17.2 Å². The van der Waals surface area contributed by atoms with E-state index in [1.54, 1.807) is 12.1 Å². The van der Waals surface area contributed by atoms with Crippen molar-refractivity contribution >= 4 is 11.7 Å². The van der Waals surface area contributed by atoms with Gasteiger partial charge in [0, 0.05) is 18.2 Å². The number of methoxy groups -OCH3 is 2. The second kappa shape index (κ2) is 8.26. The summed E-state index contributed by atoms with van der Waals surface area (Å²) < 4.78 is 10.7. The number of benzene rings is 2. The van der Waals surface area contributed by atoms with Crippen molar-refractivity contribution in [2.24, 2.45) is 11.0 Å². The number of phenols is 1. The van der Waals surface area contributed by atoms with Crippen molar-refractivity contribution in [2.75, 3.05) is 14.2 Å². The summed E-state index contributed by atoms with van der Waals surface area (Å²) in [7, 11) is 3.02. The Morgan fingerprint density at radius 2 is 1.78 bits per heavy atom. The van der Waals surface area contributed by atoms with Crippen LogP contribution >= 0.6 is 0 Å². The van der Waals surface area contributed by atoms with Crippen LogP contribution in [0.3, 0.4) is 0 Å². The summed E-state index contributed by atoms with van der Waals surface area (Å²) in [6, 6.07) is 13.6. The highest BCUT2D eigenvalue weighted by Crippen LogP contribution is 2.41. The first kappa shape index (κ1) is 20.5. The van der Waals surface area contributed by atoms with E-state index >= 15 is 0 Å². The molecule has 168 valence electrons. The normalized spacial score (nSPS) is 24.4. The topological polar surface area (TPSA) is 86.6 Å². The largest absolute Gasteiger partial charge is 0.502 e. The van der Waals surface area contributed by atoms with Gasteiger partial charge in [-0.05, 0) is 30.5 Å². The van der Waals surface area contributed by atoms with E-state index in [1.165, 1.54) is 14.2 Å². The molecule has 5 rings (SSSR count). The highest BCUT2D eigenvalue weighted by Gasteiger charge is 2.51. The molecule has 2 heterocycles. The number of fused-ring (bicyclic) bond motifs is 3. The fourth-order valence-electron chi connectivity index (χ4n) is 5.16. The number of ether oxygens (including phenoxy) is 2. The summed E-state index contributed by atoms with van der Waals surface area (Å²) >= 11 is 0. The third-order valence-electron chi connectivity index (χ3n) is 6.71. The number of nitrogens with one attached hydrogen (secondary N) is 1. The summed E-state index contributed by atoms with van der Waals surface area (Å²) in [5.74, 6) is 1.45. The van der Waals surface area contributed by atoms with Gasteiger partial charge in [0.15, 0.2) is 23.6 Å². The van der Waals surface area contributed by atoms with Gasteiger partial charge in [-0.2, -0.15) is 5.10 Å². The molecule has 2 aliphatic heterocycles. The Balaban J connectivity index is 1.54. The minimum atomic E-state index is -0.358. The van der Waals surface area contributed by atoms with Crippen LogP contribution in [0.1, 0.15) is 36.8 Å². The van der Waals surface area contributed by atoms with Crippen molar-refractivity contribution in [1.82, 2.24) is 15.2 Å². The van der Waals surface area contributed by atoms with E-state index in [1.807, 2.05) is 35.2 Å². The Labute approximate surface area is 187 Å². The van der Waals surface area contributed by atoms with Gasteiger partial charge < -0.3 is 19.5 Å². The second-order valence-corrected chi connectivity index (χ2v) is 8.48. The fraction of sp³-hybridized carbons (Fsp3) is 0.417. The van der Waals surface area contributed by atoms with Crippen LogP contribution in [0.2, 0.25) is 0 Å². The Morgan fingerprint density at radius 3 is 2.47 bits per heavy atom. The maximum absolute atomic E-state index is 13.5. The monoisotopic (exact) mass is 436 g/mol. The first-order valence-corrected chi connectivity index (χ1v) is 11.0. The number of hydrogen-bond acceptors (Lipinski definition) is 7. The average Bonchev–Trinajstić information content (AvgIpc) is 3.28. The maximum atomic E-state index is 13.5. The molecule has 32 heavy (non-hydrogen) atoms. The summed E-state index contributed by atoms with van der Waals surface area (Å²) in [5, 5.41) is 15.0. The van der Waals surface area contributed by atoms with Gasteiger partial charge in [-0.3, -0.25) is 15.1 Å². The number of carbonyl (C=O) groups is 1. The van der Waals surface area contributed by atoms with Crippen molar-refractivity contribution in [3.63, 3.8) is 0 Å². The highest BCUT2D eigenvalue weighted by molar-refractivity contribution is 6.02. The number of amidine groups is 1. The molecule has 8 nitrogen and oxygen atoms in total. The summed E-state index contributed by atoms with van der Waals surface area (Å²) in [6.45, 7) is 0.516. The number of hydrazone groups is 1. The number of rotatable bonds is 5. The zero-order chi connectivity index (χ0) is 22.2. The minimum absolute atomic E-state index is 0.0445. The lowest BCUT2D eigenvalue weighted by Crippen LogP contribution is -2.67. The van der Waals surface area contributed by atoms with Crippen molar-refractivity contribution in [3.05, 3.63) is 53.6 Å². The molecule has 3 atom stereocenters. The number of hydrogen-bond donors (Lipinski definition) is 2. The molecule has 2 N–H and O–H groups in total. The van der Waals surface area contributed by atoms with E-state index in [9.17, 15) is 9.90 Å². The zero-order valence-corrected chi connectivity index (χ0v) is 18.3. The molecule has 0 bridgehead atoms. The van der Waals surface area contributed by atoms with Crippen molar-refractivity contribution < 1.29 is 19.4 Å².